The first kappa shape index (κ1) is 18.1. The van der Waals surface area contributed by atoms with Crippen molar-refractivity contribution in [3.8, 4) is 5.75 Å². The molecule has 1 fully saturated rings. The monoisotopic (exact) mass is 355 g/mol. The largest absolute Gasteiger partial charge is 0.494 e. The van der Waals surface area contributed by atoms with E-state index in [0.717, 1.165) is 29.7 Å². The van der Waals surface area contributed by atoms with Crippen LogP contribution in [0.4, 0.5) is 17.1 Å². The average Bonchev–Trinajstić information content (AvgIpc) is 2.68. The smallest absolute Gasteiger partial charge is 0.144 e. The van der Waals surface area contributed by atoms with Crippen molar-refractivity contribution in [3.05, 3.63) is 48.0 Å². The van der Waals surface area contributed by atoms with Crippen molar-refractivity contribution < 1.29 is 14.3 Å². The van der Waals surface area contributed by atoms with Gasteiger partial charge >= 0.3 is 0 Å². The van der Waals surface area contributed by atoms with Crippen LogP contribution in [0.1, 0.15) is 24.9 Å². The predicted molar refractivity (Wildman–Crippen MR) is 103 cm³/mol. The standard InChI is InChI=1S/C20H25N3O3/c1-2-9-26-17-6-3-14(4-7-17)20-13-25-12-16(11-24)23(20)15-5-8-18(21)19(22)10-15/h3-8,10-11,16,20H,2,9,12-13,21-22H2,1H3. The number of aldehydes is 1. The van der Waals surface area contributed by atoms with Crippen LogP contribution in [0.15, 0.2) is 42.5 Å². The molecule has 2 aromatic carbocycles. The Labute approximate surface area is 153 Å². The van der Waals surface area contributed by atoms with E-state index in [9.17, 15) is 4.79 Å². The number of anilines is 3. The number of nitrogen functional groups attached to an aromatic ring is 2. The fraction of sp³-hybridized carbons (Fsp3) is 0.350. The minimum atomic E-state index is -0.382. The normalized spacial score (nSPS) is 20.0. The molecule has 0 saturated carbocycles. The van der Waals surface area contributed by atoms with E-state index in [1.165, 1.54) is 0 Å². The van der Waals surface area contributed by atoms with Gasteiger partial charge in [-0.05, 0) is 42.3 Å². The quantitative estimate of drug-likeness (QED) is 0.612. The second-order valence-electron chi connectivity index (χ2n) is 6.39. The van der Waals surface area contributed by atoms with Crippen LogP contribution in [-0.2, 0) is 9.53 Å². The summed E-state index contributed by atoms with van der Waals surface area (Å²) in [4.78, 5) is 13.7. The van der Waals surface area contributed by atoms with Crippen LogP contribution in [0, 0.1) is 0 Å². The van der Waals surface area contributed by atoms with Crippen LogP contribution < -0.4 is 21.1 Å². The number of nitrogens with two attached hydrogens (primary N) is 2. The molecule has 1 aliphatic heterocycles. The number of benzene rings is 2. The maximum atomic E-state index is 11.6. The molecular weight excluding hydrogens is 330 g/mol. The van der Waals surface area contributed by atoms with Crippen molar-refractivity contribution in [2.75, 3.05) is 36.2 Å². The highest BCUT2D eigenvalue weighted by atomic mass is 16.5. The molecule has 3 rings (SSSR count). The lowest BCUT2D eigenvalue weighted by Gasteiger charge is -2.41. The molecule has 1 aliphatic rings. The summed E-state index contributed by atoms with van der Waals surface area (Å²) in [5.41, 5.74) is 14.7. The van der Waals surface area contributed by atoms with Crippen molar-refractivity contribution in [3.63, 3.8) is 0 Å². The fourth-order valence-corrected chi connectivity index (χ4v) is 3.15. The summed E-state index contributed by atoms with van der Waals surface area (Å²) in [7, 11) is 0. The van der Waals surface area contributed by atoms with Crippen LogP contribution in [-0.4, -0.2) is 32.1 Å². The lowest BCUT2D eigenvalue weighted by molar-refractivity contribution is -0.111. The van der Waals surface area contributed by atoms with Gasteiger partial charge in [-0.2, -0.15) is 0 Å². The van der Waals surface area contributed by atoms with Crippen molar-refractivity contribution in [1.29, 1.82) is 0 Å². The van der Waals surface area contributed by atoms with Gasteiger partial charge in [0.25, 0.3) is 0 Å². The SMILES string of the molecule is CCCOc1ccc(C2COCC(C=O)N2c2ccc(N)c(N)c2)cc1. The first-order chi connectivity index (χ1) is 12.6. The van der Waals surface area contributed by atoms with Crippen molar-refractivity contribution in [2.24, 2.45) is 0 Å². The van der Waals surface area contributed by atoms with Crippen LogP contribution in [0.2, 0.25) is 0 Å². The Morgan fingerprint density at radius 2 is 1.92 bits per heavy atom. The molecule has 6 nitrogen and oxygen atoms in total. The number of hydrogen-bond donors (Lipinski definition) is 2. The maximum absolute atomic E-state index is 11.6. The van der Waals surface area contributed by atoms with E-state index in [0.29, 0.717) is 31.2 Å². The van der Waals surface area contributed by atoms with Gasteiger partial charge in [0.05, 0.1) is 37.2 Å². The number of ether oxygens (including phenoxy) is 2. The number of morpholine rings is 1. The zero-order chi connectivity index (χ0) is 18.5. The van der Waals surface area contributed by atoms with Gasteiger partial charge in [0.1, 0.15) is 18.1 Å². The number of nitrogens with zero attached hydrogens (tertiary/aromatic N) is 1. The van der Waals surface area contributed by atoms with Gasteiger partial charge in [0.15, 0.2) is 0 Å². The zero-order valence-electron chi connectivity index (χ0n) is 14.9. The maximum Gasteiger partial charge on any atom is 0.144 e. The molecule has 0 aliphatic carbocycles. The summed E-state index contributed by atoms with van der Waals surface area (Å²) in [5.74, 6) is 0.836. The summed E-state index contributed by atoms with van der Waals surface area (Å²) in [5, 5.41) is 0. The van der Waals surface area contributed by atoms with Crippen LogP contribution in [0.5, 0.6) is 5.75 Å². The molecule has 0 aromatic heterocycles. The molecule has 0 amide bonds. The summed E-state index contributed by atoms with van der Waals surface area (Å²) in [6, 6.07) is 12.9. The topological polar surface area (TPSA) is 90.8 Å². The first-order valence-corrected chi connectivity index (χ1v) is 8.83. The van der Waals surface area contributed by atoms with Gasteiger partial charge in [-0.1, -0.05) is 19.1 Å². The van der Waals surface area contributed by atoms with E-state index in [-0.39, 0.29) is 12.1 Å². The van der Waals surface area contributed by atoms with E-state index in [2.05, 4.69) is 6.92 Å². The van der Waals surface area contributed by atoms with E-state index < -0.39 is 0 Å². The molecule has 4 N–H and O–H groups in total. The van der Waals surface area contributed by atoms with Gasteiger partial charge in [0, 0.05) is 5.69 Å². The predicted octanol–water partition coefficient (Wildman–Crippen LogP) is 2.79. The zero-order valence-corrected chi connectivity index (χ0v) is 14.9. The number of carbonyl (C=O) groups is 1. The highest BCUT2D eigenvalue weighted by Crippen LogP contribution is 2.35. The summed E-state index contributed by atoms with van der Waals surface area (Å²) in [6.07, 6.45) is 1.88. The van der Waals surface area contributed by atoms with Gasteiger partial charge in [0.2, 0.25) is 0 Å². The summed E-state index contributed by atoms with van der Waals surface area (Å²) in [6.45, 7) is 3.60. The Hall–Kier alpha value is -2.73. The minimum absolute atomic E-state index is 0.0952. The van der Waals surface area contributed by atoms with E-state index >= 15 is 0 Å². The summed E-state index contributed by atoms with van der Waals surface area (Å²) >= 11 is 0. The lowest BCUT2D eigenvalue weighted by Crippen LogP contribution is -2.48. The molecule has 2 aromatic rings. The number of carbonyl (C=O) groups excluding carboxylic acids is 1. The molecule has 0 radical (unpaired) electrons. The molecule has 0 spiro atoms. The first-order valence-electron chi connectivity index (χ1n) is 8.83. The van der Waals surface area contributed by atoms with Gasteiger partial charge in [-0.3, -0.25) is 0 Å². The van der Waals surface area contributed by atoms with E-state index in [1.54, 1.807) is 6.07 Å². The third-order valence-electron chi connectivity index (χ3n) is 4.52. The fourth-order valence-electron chi connectivity index (χ4n) is 3.15. The Morgan fingerprint density at radius 3 is 2.58 bits per heavy atom. The van der Waals surface area contributed by atoms with Crippen molar-refractivity contribution in [1.82, 2.24) is 0 Å². The highest BCUT2D eigenvalue weighted by Gasteiger charge is 2.32. The molecule has 0 bridgehead atoms. The highest BCUT2D eigenvalue weighted by molar-refractivity contribution is 5.74. The Kier molecular flexibility index (Phi) is 5.63. The minimum Gasteiger partial charge on any atom is -0.494 e. The Bertz CT molecular complexity index is 748. The average molecular weight is 355 g/mol. The molecule has 138 valence electrons. The third-order valence-corrected chi connectivity index (χ3v) is 4.52. The molecule has 6 heteroatoms. The molecule has 1 saturated heterocycles. The van der Waals surface area contributed by atoms with Crippen LogP contribution in [0.25, 0.3) is 0 Å². The second-order valence-corrected chi connectivity index (χ2v) is 6.39. The van der Waals surface area contributed by atoms with Crippen molar-refractivity contribution in [2.45, 2.75) is 25.4 Å². The lowest BCUT2D eigenvalue weighted by atomic mass is 10.0. The van der Waals surface area contributed by atoms with Crippen molar-refractivity contribution >= 4 is 23.3 Å². The number of rotatable bonds is 6. The Balaban J connectivity index is 1.92. The van der Waals surface area contributed by atoms with E-state index in [1.807, 2.05) is 41.3 Å². The summed E-state index contributed by atoms with van der Waals surface area (Å²) < 4.78 is 11.3. The van der Waals surface area contributed by atoms with Gasteiger partial charge in [-0.15, -0.1) is 0 Å². The molecule has 26 heavy (non-hydrogen) atoms. The molecule has 1 heterocycles. The van der Waals surface area contributed by atoms with Gasteiger partial charge in [-0.25, -0.2) is 0 Å². The van der Waals surface area contributed by atoms with Crippen LogP contribution in [0.3, 0.4) is 0 Å². The van der Waals surface area contributed by atoms with Gasteiger partial charge < -0.3 is 30.6 Å². The second kappa shape index (κ2) is 8.10. The molecular formula is C20H25N3O3. The molecule has 2 atom stereocenters. The molecule has 2 unspecified atom stereocenters. The van der Waals surface area contributed by atoms with Crippen LogP contribution >= 0.6 is 0 Å². The van der Waals surface area contributed by atoms with E-state index in [4.69, 9.17) is 20.9 Å². The number of hydrogen-bond acceptors (Lipinski definition) is 6. The Morgan fingerprint density at radius 1 is 1.15 bits per heavy atom. The third kappa shape index (κ3) is 3.75.